The predicted molar refractivity (Wildman–Crippen MR) is 83.4 cm³/mol. The van der Waals surface area contributed by atoms with E-state index in [0.717, 1.165) is 24.0 Å². The van der Waals surface area contributed by atoms with Gasteiger partial charge in [0.1, 0.15) is 0 Å². The second-order valence-electron chi connectivity index (χ2n) is 4.80. The Hall–Kier alpha value is -2.42. The maximum absolute atomic E-state index is 12.3. The largest absolute Gasteiger partial charge is 0.288 e. The van der Waals surface area contributed by atoms with Crippen LogP contribution in [-0.2, 0) is 12.8 Å². The van der Waals surface area contributed by atoms with E-state index in [4.69, 9.17) is 0 Å². The van der Waals surface area contributed by atoms with Gasteiger partial charge >= 0.3 is 0 Å². The van der Waals surface area contributed by atoms with Gasteiger partial charge < -0.3 is 0 Å². The third-order valence-corrected chi connectivity index (χ3v) is 3.51. The molecule has 0 radical (unpaired) electrons. The van der Waals surface area contributed by atoms with Crippen molar-refractivity contribution in [1.82, 2.24) is 5.32 Å². The van der Waals surface area contributed by atoms with Crippen molar-refractivity contribution in [2.45, 2.75) is 26.7 Å². The monoisotopic (exact) mass is 281 g/mol. The molecule has 0 unspecified atom stereocenters. The Morgan fingerprint density at radius 3 is 1.52 bits per heavy atom. The molecule has 0 fully saturated rings. The second-order valence-corrected chi connectivity index (χ2v) is 4.80. The highest BCUT2D eigenvalue weighted by molar-refractivity contribution is 6.11. The van der Waals surface area contributed by atoms with Gasteiger partial charge in [0.15, 0.2) is 0 Å². The summed E-state index contributed by atoms with van der Waals surface area (Å²) in [6.07, 6.45) is 1.51. The van der Waals surface area contributed by atoms with Crippen molar-refractivity contribution in [2.24, 2.45) is 0 Å². The molecule has 0 aliphatic rings. The molecule has 2 aromatic rings. The smallest absolute Gasteiger partial charge is 0.258 e. The zero-order chi connectivity index (χ0) is 15.2. The van der Waals surface area contributed by atoms with E-state index in [-0.39, 0.29) is 11.8 Å². The molecule has 1 N–H and O–H groups in total. The van der Waals surface area contributed by atoms with Crippen LogP contribution in [0.5, 0.6) is 0 Å². The average Bonchev–Trinajstić information content (AvgIpc) is 2.54. The fourth-order valence-electron chi connectivity index (χ4n) is 2.34. The number of hydrogen-bond acceptors (Lipinski definition) is 2. The number of hydrogen-bond donors (Lipinski definition) is 1. The van der Waals surface area contributed by atoms with Gasteiger partial charge in [-0.15, -0.1) is 0 Å². The van der Waals surface area contributed by atoms with E-state index in [0.29, 0.717) is 11.1 Å². The Labute approximate surface area is 125 Å². The van der Waals surface area contributed by atoms with E-state index in [1.54, 1.807) is 24.3 Å². The molecule has 0 aromatic heterocycles. The van der Waals surface area contributed by atoms with E-state index in [1.165, 1.54) is 0 Å². The minimum atomic E-state index is -0.344. The lowest BCUT2D eigenvalue weighted by atomic mass is 10.0. The summed E-state index contributed by atoms with van der Waals surface area (Å²) in [4.78, 5) is 24.6. The topological polar surface area (TPSA) is 46.2 Å². The first-order valence-corrected chi connectivity index (χ1v) is 7.18. The Kier molecular flexibility index (Phi) is 4.88. The first-order chi connectivity index (χ1) is 10.2. The Morgan fingerprint density at radius 2 is 1.14 bits per heavy atom. The van der Waals surface area contributed by atoms with Crippen molar-refractivity contribution >= 4 is 11.8 Å². The van der Waals surface area contributed by atoms with Crippen LogP contribution in [0, 0.1) is 0 Å². The molecule has 0 aliphatic carbocycles. The SMILES string of the molecule is CCc1ccccc1C(=O)NC(=O)c1ccccc1CC. The first kappa shape index (κ1) is 15.0. The van der Waals surface area contributed by atoms with E-state index < -0.39 is 0 Å². The van der Waals surface area contributed by atoms with Crippen molar-refractivity contribution in [1.29, 1.82) is 0 Å². The Bertz CT molecular complexity index is 604. The molecule has 108 valence electrons. The van der Waals surface area contributed by atoms with Crippen LogP contribution < -0.4 is 5.32 Å². The van der Waals surface area contributed by atoms with Gasteiger partial charge in [0.05, 0.1) is 0 Å². The van der Waals surface area contributed by atoms with Crippen LogP contribution in [0.25, 0.3) is 0 Å². The number of amides is 2. The van der Waals surface area contributed by atoms with Gasteiger partial charge in [-0.2, -0.15) is 0 Å². The molecule has 0 atom stereocenters. The minimum Gasteiger partial charge on any atom is -0.288 e. The van der Waals surface area contributed by atoms with E-state index in [1.807, 2.05) is 38.1 Å². The van der Waals surface area contributed by atoms with Crippen molar-refractivity contribution in [3.05, 3.63) is 70.8 Å². The summed E-state index contributed by atoms with van der Waals surface area (Å²) in [6.45, 7) is 3.97. The highest BCUT2D eigenvalue weighted by Crippen LogP contribution is 2.12. The first-order valence-electron chi connectivity index (χ1n) is 7.18. The third-order valence-electron chi connectivity index (χ3n) is 3.51. The number of nitrogens with one attached hydrogen (secondary N) is 1. The normalized spacial score (nSPS) is 10.2. The summed E-state index contributed by atoms with van der Waals surface area (Å²) >= 11 is 0. The van der Waals surface area contributed by atoms with Crippen LogP contribution in [-0.4, -0.2) is 11.8 Å². The van der Waals surface area contributed by atoms with Crippen molar-refractivity contribution in [2.75, 3.05) is 0 Å². The van der Waals surface area contributed by atoms with Crippen LogP contribution in [0.15, 0.2) is 48.5 Å². The fourth-order valence-corrected chi connectivity index (χ4v) is 2.34. The summed E-state index contributed by atoms with van der Waals surface area (Å²) in [5, 5.41) is 2.48. The van der Waals surface area contributed by atoms with Gasteiger partial charge in [-0.25, -0.2) is 0 Å². The van der Waals surface area contributed by atoms with E-state index >= 15 is 0 Å². The molecule has 2 rings (SSSR count). The number of benzene rings is 2. The molecule has 0 bridgehead atoms. The van der Waals surface area contributed by atoms with E-state index in [9.17, 15) is 9.59 Å². The van der Waals surface area contributed by atoms with Gasteiger partial charge in [0.25, 0.3) is 11.8 Å². The molecule has 0 saturated carbocycles. The number of aryl methyl sites for hydroxylation is 2. The lowest BCUT2D eigenvalue weighted by Crippen LogP contribution is -2.31. The Morgan fingerprint density at radius 1 is 0.762 bits per heavy atom. The van der Waals surface area contributed by atoms with Gasteiger partial charge in [-0.05, 0) is 36.1 Å². The van der Waals surface area contributed by atoms with Crippen molar-refractivity contribution < 1.29 is 9.59 Å². The van der Waals surface area contributed by atoms with Gasteiger partial charge in [0, 0.05) is 11.1 Å². The predicted octanol–water partition coefficient (Wildman–Crippen LogP) is 3.38. The minimum absolute atomic E-state index is 0.344. The zero-order valence-corrected chi connectivity index (χ0v) is 12.3. The lowest BCUT2D eigenvalue weighted by molar-refractivity contribution is 0.0848. The maximum atomic E-state index is 12.3. The molecule has 2 aromatic carbocycles. The number of carbonyl (C=O) groups is 2. The maximum Gasteiger partial charge on any atom is 0.258 e. The summed E-state index contributed by atoms with van der Waals surface area (Å²) in [5.41, 5.74) is 2.99. The van der Waals surface area contributed by atoms with Gasteiger partial charge in [0.2, 0.25) is 0 Å². The standard InChI is InChI=1S/C18H19NO2/c1-3-13-9-5-7-11-15(13)17(20)19-18(21)16-12-8-6-10-14(16)4-2/h5-12H,3-4H2,1-2H3,(H,19,20,21). The number of rotatable bonds is 4. The molecule has 3 nitrogen and oxygen atoms in total. The molecule has 2 amide bonds. The highest BCUT2D eigenvalue weighted by atomic mass is 16.2. The summed E-state index contributed by atoms with van der Waals surface area (Å²) in [5.74, 6) is -0.688. The average molecular weight is 281 g/mol. The van der Waals surface area contributed by atoms with Crippen LogP contribution in [0.1, 0.15) is 45.7 Å². The number of imide groups is 1. The molecular formula is C18H19NO2. The van der Waals surface area contributed by atoms with Crippen LogP contribution >= 0.6 is 0 Å². The van der Waals surface area contributed by atoms with Crippen molar-refractivity contribution in [3.8, 4) is 0 Å². The van der Waals surface area contributed by atoms with Gasteiger partial charge in [-0.1, -0.05) is 50.2 Å². The Balaban J connectivity index is 2.21. The molecule has 0 spiro atoms. The lowest BCUT2D eigenvalue weighted by Gasteiger charge is -2.10. The van der Waals surface area contributed by atoms with Gasteiger partial charge in [-0.3, -0.25) is 14.9 Å². The second kappa shape index (κ2) is 6.84. The third kappa shape index (κ3) is 3.37. The van der Waals surface area contributed by atoms with Crippen LogP contribution in [0.2, 0.25) is 0 Å². The molecule has 21 heavy (non-hydrogen) atoms. The quantitative estimate of drug-likeness (QED) is 0.873. The fraction of sp³-hybridized carbons (Fsp3) is 0.222. The summed E-state index contributed by atoms with van der Waals surface area (Å²) in [6, 6.07) is 14.7. The molecule has 0 saturated heterocycles. The molecule has 0 aliphatic heterocycles. The van der Waals surface area contributed by atoms with Crippen LogP contribution in [0.3, 0.4) is 0 Å². The molecule has 3 heteroatoms. The van der Waals surface area contributed by atoms with E-state index in [2.05, 4.69) is 5.32 Å². The summed E-state index contributed by atoms with van der Waals surface area (Å²) < 4.78 is 0. The highest BCUT2D eigenvalue weighted by Gasteiger charge is 2.16. The number of carbonyl (C=O) groups excluding carboxylic acids is 2. The molecule has 0 heterocycles. The van der Waals surface area contributed by atoms with Crippen molar-refractivity contribution in [3.63, 3.8) is 0 Å². The summed E-state index contributed by atoms with van der Waals surface area (Å²) in [7, 11) is 0. The van der Waals surface area contributed by atoms with Crippen LogP contribution in [0.4, 0.5) is 0 Å². The zero-order valence-electron chi connectivity index (χ0n) is 12.3. The molecular weight excluding hydrogens is 262 g/mol.